The van der Waals surface area contributed by atoms with Crippen molar-refractivity contribution in [1.29, 1.82) is 0 Å². The molecule has 0 saturated heterocycles. The minimum Gasteiger partial charge on any atom is -0.407 e. The van der Waals surface area contributed by atoms with Crippen LogP contribution in [0.5, 0.6) is 0 Å². The molecule has 218 valence electrons. The average Bonchev–Trinajstić information content (AvgIpc) is 3.06. The van der Waals surface area contributed by atoms with Crippen molar-refractivity contribution in [3.05, 3.63) is 164 Å². The van der Waals surface area contributed by atoms with E-state index in [1.54, 1.807) is 0 Å². The van der Waals surface area contributed by atoms with Gasteiger partial charge in [-0.3, -0.25) is 0 Å². The lowest BCUT2D eigenvalue weighted by Crippen LogP contribution is -2.66. The first-order valence-electron chi connectivity index (χ1n) is 15.4. The summed E-state index contributed by atoms with van der Waals surface area (Å²) in [5.41, 5.74) is 0. The summed E-state index contributed by atoms with van der Waals surface area (Å²) in [6, 6.07) is 55.3. The van der Waals surface area contributed by atoms with Gasteiger partial charge in [0.15, 0.2) is 0 Å². The van der Waals surface area contributed by atoms with Gasteiger partial charge in [0.2, 0.25) is 0 Å². The van der Waals surface area contributed by atoms with E-state index in [0.717, 1.165) is 19.0 Å². The Bertz CT molecular complexity index is 1410. The second-order valence-corrected chi connectivity index (χ2v) is 20.0. The highest BCUT2D eigenvalue weighted by Gasteiger charge is 2.50. The largest absolute Gasteiger partial charge is 0.407 e. The molecule has 0 saturated carbocycles. The zero-order valence-electron chi connectivity index (χ0n) is 25.8. The van der Waals surface area contributed by atoms with Crippen LogP contribution in [0, 0.1) is 0 Å². The highest BCUT2D eigenvalue weighted by atomic mass is 31.2. The van der Waals surface area contributed by atoms with Crippen molar-refractivity contribution in [3.63, 3.8) is 0 Å². The van der Waals surface area contributed by atoms with Crippen LogP contribution in [-0.2, 0) is 4.43 Å². The summed E-state index contributed by atoms with van der Waals surface area (Å²) in [5, 5.41) is 6.98. The van der Waals surface area contributed by atoms with E-state index in [0.29, 0.717) is 6.61 Å². The molecule has 5 rings (SSSR count). The van der Waals surface area contributed by atoms with Crippen molar-refractivity contribution in [2.45, 2.75) is 38.7 Å². The molecule has 5 aromatic carbocycles. The molecule has 0 heterocycles. The van der Waals surface area contributed by atoms with Crippen molar-refractivity contribution in [2.24, 2.45) is 0 Å². The molecule has 5 aromatic rings. The third-order valence-corrected chi connectivity index (χ3v) is 17.9. The molecule has 0 aliphatic heterocycles. The molecule has 43 heavy (non-hydrogen) atoms. The maximum Gasteiger partial charge on any atom is 0.261 e. The van der Waals surface area contributed by atoms with E-state index in [2.05, 4.69) is 185 Å². The van der Waals surface area contributed by atoms with Gasteiger partial charge in [0.05, 0.1) is 6.16 Å². The molecule has 0 amide bonds. The molecule has 0 bridgehead atoms. The molecule has 1 nitrogen and oxygen atoms in total. The molecule has 0 fully saturated rings. The first-order valence-corrected chi connectivity index (χ1v) is 19.3. The van der Waals surface area contributed by atoms with Gasteiger partial charge in [-0.2, -0.15) is 0 Å². The second kappa shape index (κ2) is 14.3. The predicted octanol–water partition coefficient (Wildman–Crippen LogP) is 7.89. The Morgan fingerprint density at radius 1 is 0.512 bits per heavy atom. The normalized spacial score (nSPS) is 12.4. The fourth-order valence-electron chi connectivity index (χ4n) is 6.43. The van der Waals surface area contributed by atoms with E-state index in [9.17, 15) is 0 Å². The van der Waals surface area contributed by atoms with Crippen LogP contribution < -0.4 is 26.3 Å². The molecule has 0 unspecified atom stereocenters. The van der Waals surface area contributed by atoms with Crippen LogP contribution in [0.2, 0.25) is 5.04 Å². The molecule has 0 atom stereocenters. The molecule has 0 N–H and O–H groups in total. The van der Waals surface area contributed by atoms with Crippen LogP contribution in [-0.4, -0.2) is 21.1 Å². The summed E-state index contributed by atoms with van der Waals surface area (Å²) in [6.07, 6.45) is 7.74. The van der Waals surface area contributed by atoms with Crippen LogP contribution in [0.3, 0.4) is 0 Å². The molecule has 0 aliphatic carbocycles. The first kappa shape index (κ1) is 30.9. The van der Waals surface area contributed by atoms with Gasteiger partial charge >= 0.3 is 0 Å². The summed E-state index contributed by atoms with van der Waals surface area (Å²) >= 11 is 0. The summed E-state index contributed by atoms with van der Waals surface area (Å²) in [7, 11) is -4.32. The van der Waals surface area contributed by atoms with Crippen LogP contribution in [0.4, 0.5) is 0 Å². The van der Waals surface area contributed by atoms with Gasteiger partial charge < -0.3 is 4.43 Å². The number of benzene rings is 5. The third-order valence-electron chi connectivity index (χ3n) is 8.41. The Labute approximate surface area is 260 Å². The first-order chi connectivity index (χ1) is 21.0. The number of hydrogen-bond acceptors (Lipinski definition) is 1. The Kier molecular flexibility index (Phi) is 10.3. The molecule has 0 radical (unpaired) electrons. The van der Waals surface area contributed by atoms with Crippen molar-refractivity contribution < 1.29 is 4.43 Å². The smallest absolute Gasteiger partial charge is 0.261 e. The van der Waals surface area contributed by atoms with Gasteiger partial charge in [-0.25, -0.2) is 0 Å². The number of allylic oxidation sites excluding steroid dienone is 1. The summed E-state index contributed by atoms with van der Waals surface area (Å²) in [5.74, 6) is 0. The minimum atomic E-state index is -2.51. The SMILES string of the molecule is CC(C)(C)[Si](OCC/C=C\CC[P+](c1ccccc1)(c1ccccc1)c1ccccc1)(c1ccccc1)c1ccccc1. The zero-order chi connectivity index (χ0) is 30.0. The molecule has 0 aromatic heterocycles. The van der Waals surface area contributed by atoms with Crippen molar-refractivity contribution in [3.8, 4) is 0 Å². The quantitative estimate of drug-likeness (QED) is 0.0613. The Balaban J connectivity index is 1.36. The number of hydrogen-bond donors (Lipinski definition) is 0. The number of rotatable bonds is 12. The molecule has 0 aliphatic rings. The molecule has 3 heteroatoms. The van der Waals surface area contributed by atoms with E-state index in [1.807, 2.05) is 0 Å². The van der Waals surface area contributed by atoms with Crippen LogP contribution in [0.25, 0.3) is 0 Å². The van der Waals surface area contributed by atoms with Crippen LogP contribution in [0.15, 0.2) is 164 Å². The van der Waals surface area contributed by atoms with Crippen LogP contribution >= 0.6 is 7.26 Å². The van der Waals surface area contributed by atoms with Crippen molar-refractivity contribution in [2.75, 3.05) is 12.8 Å². The van der Waals surface area contributed by atoms with Crippen molar-refractivity contribution >= 4 is 41.9 Å². The van der Waals surface area contributed by atoms with Gasteiger partial charge in [-0.15, -0.1) is 0 Å². The fraction of sp³-hybridized carbons (Fsp3) is 0.200. The lowest BCUT2D eigenvalue weighted by molar-refractivity contribution is 0.304. The van der Waals surface area contributed by atoms with Crippen molar-refractivity contribution in [1.82, 2.24) is 0 Å². The zero-order valence-corrected chi connectivity index (χ0v) is 27.7. The van der Waals surface area contributed by atoms with Gasteiger partial charge in [0.25, 0.3) is 8.32 Å². The highest BCUT2D eigenvalue weighted by Crippen LogP contribution is 2.55. The minimum absolute atomic E-state index is 0.00937. The molecule has 0 spiro atoms. The van der Waals surface area contributed by atoms with E-state index in [4.69, 9.17) is 4.43 Å². The topological polar surface area (TPSA) is 9.23 Å². The predicted molar refractivity (Wildman–Crippen MR) is 192 cm³/mol. The van der Waals surface area contributed by atoms with Gasteiger partial charge in [0, 0.05) is 13.0 Å². The molecular formula is C40H44OPSi+. The van der Waals surface area contributed by atoms with Crippen LogP contribution in [0.1, 0.15) is 33.6 Å². The Hall–Kier alpha value is -3.55. The van der Waals surface area contributed by atoms with E-state index in [1.165, 1.54) is 26.3 Å². The second-order valence-electron chi connectivity index (χ2n) is 12.1. The third kappa shape index (κ3) is 6.68. The maximum absolute atomic E-state index is 7.12. The maximum atomic E-state index is 7.12. The van der Waals surface area contributed by atoms with E-state index >= 15 is 0 Å². The summed E-state index contributed by atoms with van der Waals surface area (Å²) in [6.45, 7) is 7.74. The Morgan fingerprint density at radius 2 is 0.860 bits per heavy atom. The average molecular weight is 600 g/mol. The lowest BCUT2D eigenvalue weighted by Gasteiger charge is -2.43. The highest BCUT2D eigenvalue weighted by molar-refractivity contribution is 7.95. The van der Waals surface area contributed by atoms with Gasteiger partial charge in [-0.05, 0) is 58.2 Å². The van der Waals surface area contributed by atoms with Gasteiger partial charge in [-0.1, -0.05) is 148 Å². The lowest BCUT2D eigenvalue weighted by atomic mass is 10.2. The van der Waals surface area contributed by atoms with Gasteiger partial charge in [0.1, 0.15) is 23.2 Å². The summed E-state index contributed by atoms with van der Waals surface area (Å²) < 4.78 is 7.12. The molecular weight excluding hydrogens is 555 g/mol. The summed E-state index contributed by atoms with van der Waals surface area (Å²) in [4.78, 5) is 0. The fourth-order valence-corrected chi connectivity index (χ4v) is 15.3. The van der Waals surface area contributed by atoms with E-state index in [-0.39, 0.29) is 5.04 Å². The standard InChI is InChI=1S/C40H44OPSi/c1-40(2,3)43(38-29-17-9-18-30-38,39-31-19-10-20-32-39)41-33-21-4-5-22-34-42(35-23-11-6-12-24-35,36-25-13-7-14-26-36)37-27-15-8-16-28-37/h4-20,23-32H,21-22,33-34H2,1-3H3/q+1/b5-4-. The van der Waals surface area contributed by atoms with E-state index < -0.39 is 15.6 Å². The monoisotopic (exact) mass is 599 g/mol. The Morgan fingerprint density at radius 3 is 1.23 bits per heavy atom.